The molecule has 2 unspecified atom stereocenters. The summed E-state index contributed by atoms with van der Waals surface area (Å²) in [4.78, 5) is 29.3. The Morgan fingerprint density at radius 2 is 1.27 bits per heavy atom. The molecule has 0 aromatic rings. The lowest BCUT2D eigenvalue weighted by Crippen LogP contribution is -2.25. The zero-order valence-corrected chi connectivity index (χ0v) is 21.5. The molecule has 0 aromatic heterocycles. The van der Waals surface area contributed by atoms with E-state index in [0.29, 0.717) is 6.42 Å². The molecule has 0 aromatic carbocycles. The molecule has 0 aliphatic heterocycles. The van der Waals surface area contributed by atoms with Gasteiger partial charge in [0.2, 0.25) is 0 Å². The molecule has 0 saturated heterocycles. The average Bonchev–Trinajstić information content (AvgIpc) is 2.66. The van der Waals surface area contributed by atoms with Gasteiger partial charge in [-0.05, 0) is 12.8 Å². The number of esters is 1. The first kappa shape index (κ1) is 30.1. The third-order valence-corrected chi connectivity index (χ3v) is 6.49. The Balaban J connectivity index is 3.79. The maximum absolute atomic E-state index is 11.3. The minimum absolute atomic E-state index is 0.272. The Kier molecular flexibility index (Phi) is 19.8. The van der Waals surface area contributed by atoms with Gasteiger partial charge in [-0.3, -0.25) is 9.32 Å². The van der Waals surface area contributed by atoms with Crippen LogP contribution < -0.4 is 0 Å². The molecule has 0 aliphatic carbocycles. The first-order valence-corrected chi connectivity index (χ1v) is 14.4. The van der Waals surface area contributed by atoms with E-state index in [4.69, 9.17) is 19.0 Å². The number of hydrogen-bond donors (Lipinski definition) is 2. The fourth-order valence-electron chi connectivity index (χ4n) is 3.65. The van der Waals surface area contributed by atoms with Crippen LogP contribution in [0.4, 0.5) is 0 Å². The molecule has 0 spiro atoms. The van der Waals surface area contributed by atoms with Crippen molar-refractivity contribution in [1.29, 1.82) is 0 Å². The minimum atomic E-state index is -4.56. The summed E-state index contributed by atoms with van der Waals surface area (Å²) in [5.41, 5.74) is 0. The van der Waals surface area contributed by atoms with Gasteiger partial charge in [0.25, 0.3) is 0 Å². The average molecular weight is 515 g/mol. The van der Waals surface area contributed by atoms with Crippen LogP contribution in [-0.4, -0.2) is 33.3 Å². The van der Waals surface area contributed by atoms with Crippen molar-refractivity contribution in [3.63, 3.8) is 0 Å². The van der Waals surface area contributed by atoms with Gasteiger partial charge in [0.15, 0.2) is 0 Å². The largest absolute Gasteiger partial charge is 0.469 e. The zero-order chi connectivity index (χ0) is 22.7. The van der Waals surface area contributed by atoms with Crippen LogP contribution in [0.3, 0.4) is 0 Å². The molecule has 0 bridgehead atoms. The van der Waals surface area contributed by atoms with Crippen molar-refractivity contribution in [2.24, 2.45) is 0 Å². The second kappa shape index (κ2) is 19.7. The standard InChI is InChI=1S/C22H44BrO6P/c1-3-4-5-6-7-8-9-10-11-12-13-14-15-16-17-21(28-20(2)24)18-22(19-23)29-30(25,26)27/h21-22H,3-19H2,1-2H3,(H2,25,26,27). The molecule has 0 saturated carbocycles. The van der Waals surface area contributed by atoms with Crippen molar-refractivity contribution >= 4 is 29.7 Å². The summed E-state index contributed by atoms with van der Waals surface area (Å²) in [5.74, 6) is -0.380. The molecule has 8 heteroatoms. The van der Waals surface area contributed by atoms with Crippen molar-refractivity contribution in [1.82, 2.24) is 0 Å². The molecule has 0 amide bonds. The van der Waals surface area contributed by atoms with E-state index in [1.807, 2.05) is 0 Å². The van der Waals surface area contributed by atoms with Crippen LogP contribution in [0.15, 0.2) is 0 Å². The summed E-state index contributed by atoms with van der Waals surface area (Å²) in [6.45, 7) is 3.61. The van der Waals surface area contributed by atoms with E-state index in [-0.39, 0.29) is 23.8 Å². The van der Waals surface area contributed by atoms with Gasteiger partial charge < -0.3 is 14.5 Å². The van der Waals surface area contributed by atoms with Gasteiger partial charge in [0.05, 0.1) is 6.10 Å². The van der Waals surface area contributed by atoms with Crippen molar-refractivity contribution in [3.05, 3.63) is 0 Å². The summed E-state index contributed by atoms with van der Waals surface area (Å²) in [6.07, 6.45) is 17.8. The third-order valence-electron chi connectivity index (χ3n) is 5.20. The van der Waals surface area contributed by atoms with Gasteiger partial charge >= 0.3 is 13.8 Å². The number of phosphoric ester groups is 1. The molecule has 0 aliphatic rings. The van der Waals surface area contributed by atoms with E-state index in [1.165, 1.54) is 84.0 Å². The quantitative estimate of drug-likeness (QED) is 0.0736. The zero-order valence-electron chi connectivity index (χ0n) is 19.0. The molecule has 2 N–H and O–H groups in total. The highest BCUT2D eigenvalue weighted by molar-refractivity contribution is 9.09. The fourth-order valence-corrected chi connectivity index (χ4v) is 4.80. The number of rotatable bonds is 21. The van der Waals surface area contributed by atoms with Gasteiger partial charge in [-0.25, -0.2) is 4.57 Å². The smallest absolute Gasteiger partial charge is 0.462 e. The number of halogens is 1. The number of unbranched alkanes of at least 4 members (excludes halogenated alkanes) is 13. The van der Waals surface area contributed by atoms with Gasteiger partial charge in [-0.15, -0.1) is 0 Å². The second-order valence-corrected chi connectivity index (χ2v) is 10.1. The topological polar surface area (TPSA) is 93.1 Å². The molecule has 0 fully saturated rings. The number of carbonyl (C=O) groups is 1. The molecule has 0 radical (unpaired) electrons. The van der Waals surface area contributed by atoms with E-state index in [1.54, 1.807) is 0 Å². The summed E-state index contributed by atoms with van der Waals surface area (Å²) >= 11 is 3.20. The van der Waals surface area contributed by atoms with E-state index < -0.39 is 13.9 Å². The fraction of sp³-hybridized carbons (Fsp3) is 0.955. The molecule has 0 rings (SSSR count). The summed E-state index contributed by atoms with van der Waals surface area (Å²) in [5, 5.41) is 0.272. The molecule has 180 valence electrons. The van der Waals surface area contributed by atoms with Crippen LogP contribution in [0.2, 0.25) is 0 Å². The monoisotopic (exact) mass is 514 g/mol. The number of alkyl halides is 1. The van der Waals surface area contributed by atoms with Crippen LogP contribution in [-0.2, 0) is 18.6 Å². The van der Waals surface area contributed by atoms with Gasteiger partial charge in [-0.2, -0.15) is 0 Å². The van der Waals surface area contributed by atoms with Gasteiger partial charge in [0, 0.05) is 18.7 Å². The molecular formula is C22H44BrO6P. The van der Waals surface area contributed by atoms with Gasteiger partial charge in [-0.1, -0.05) is 106 Å². The number of carbonyl (C=O) groups excluding carboxylic acids is 1. The maximum Gasteiger partial charge on any atom is 0.469 e. The molecular weight excluding hydrogens is 471 g/mol. The van der Waals surface area contributed by atoms with Gasteiger partial charge in [0.1, 0.15) is 6.10 Å². The van der Waals surface area contributed by atoms with E-state index in [2.05, 4.69) is 22.9 Å². The molecule has 2 atom stereocenters. The maximum atomic E-state index is 11.3. The van der Waals surface area contributed by atoms with Crippen molar-refractivity contribution < 1.29 is 28.4 Å². The van der Waals surface area contributed by atoms with Crippen molar-refractivity contribution in [2.45, 2.75) is 129 Å². The third kappa shape index (κ3) is 21.3. The Hall–Kier alpha value is 0.0600. The van der Waals surface area contributed by atoms with Crippen LogP contribution >= 0.6 is 23.8 Å². The van der Waals surface area contributed by atoms with Crippen LogP contribution in [0.1, 0.15) is 117 Å². The summed E-state index contributed by atoms with van der Waals surface area (Å²) in [6, 6.07) is 0. The normalized spacial score (nSPS) is 13.9. The van der Waals surface area contributed by atoms with E-state index >= 15 is 0 Å². The lowest BCUT2D eigenvalue weighted by molar-refractivity contribution is -0.147. The number of hydrogen-bond acceptors (Lipinski definition) is 4. The van der Waals surface area contributed by atoms with Crippen LogP contribution in [0.25, 0.3) is 0 Å². The molecule has 30 heavy (non-hydrogen) atoms. The number of phosphoric acid groups is 1. The highest BCUT2D eigenvalue weighted by atomic mass is 79.9. The van der Waals surface area contributed by atoms with Crippen LogP contribution in [0.5, 0.6) is 0 Å². The Morgan fingerprint density at radius 3 is 1.63 bits per heavy atom. The highest BCUT2D eigenvalue weighted by Crippen LogP contribution is 2.39. The van der Waals surface area contributed by atoms with E-state index in [9.17, 15) is 9.36 Å². The Bertz CT molecular complexity index is 457. The Morgan fingerprint density at radius 1 is 0.833 bits per heavy atom. The first-order chi connectivity index (χ1) is 14.3. The predicted octanol–water partition coefficient (Wildman–Crippen LogP) is 7.05. The lowest BCUT2D eigenvalue weighted by Gasteiger charge is -2.22. The summed E-state index contributed by atoms with van der Waals surface area (Å²) < 4.78 is 21.1. The second-order valence-electron chi connectivity index (χ2n) is 8.22. The lowest BCUT2D eigenvalue weighted by atomic mass is 10.0. The Labute approximate surface area is 192 Å². The predicted molar refractivity (Wildman–Crippen MR) is 126 cm³/mol. The SMILES string of the molecule is CCCCCCCCCCCCCCCCC(CC(CBr)OP(=O)(O)O)OC(C)=O. The molecule has 6 nitrogen and oxygen atoms in total. The first-order valence-electron chi connectivity index (χ1n) is 11.8. The molecule has 0 heterocycles. The summed E-state index contributed by atoms with van der Waals surface area (Å²) in [7, 11) is -4.56. The number of ether oxygens (including phenoxy) is 1. The van der Waals surface area contributed by atoms with Crippen LogP contribution in [0, 0.1) is 0 Å². The minimum Gasteiger partial charge on any atom is -0.462 e. The van der Waals surface area contributed by atoms with Crippen molar-refractivity contribution in [3.8, 4) is 0 Å². The highest BCUT2D eigenvalue weighted by Gasteiger charge is 2.25. The van der Waals surface area contributed by atoms with E-state index in [0.717, 1.165) is 12.8 Å². The van der Waals surface area contributed by atoms with Crippen molar-refractivity contribution in [2.75, 3.05) is 5.33 Å².